The first-order chi connectivity index (χ1) is 12.1. The summed E-state index contributed by atoms with van der Waals surface area (Å²) in [7, 11) is 1.89. The van der Waals surface area contributed by atoms with Crippen molar-refractivity contribution in [1.29, 1.82) is 0 Å². The molecule has 1 aliphatic carbocycles. The van der Waals surface area contributed by atoms with Crippen LogP contribution in [0.3, 0.4) is 0 Å². The second-order valence-corrected chi connectivity index (χ2v) is 6.84. The number of rotatable bonds is 4. The molecule has 1 saturated carbocycles. The van der Waals surface area contributed by atoms with Crippen LogP contribution in [0.1, 0.15) is 42.5 Å². The molecule has 6 heteroatoms. The minimum atomic E-state index is -0.465. The largest absolute Gasteiger partial charge is 0.366 e. The molecule has 1 heterocycles. The molecule has 1 aromatic carbocycles. The average molecular weight is 345 g/mol. The summed E-state index contributed by atoms with van der Waals surface area (Å²) < 4.78 is 5.44. The van der Waals surface area contributed by atoms with Crippen LogP contribution in [0.15, 0.2) is 24.3 Å². The maximum atomic E-state index is 12.6. The predicted molar refractivity (Wildman–Crippen MR) is 96.6 cm³/mol. The molecule has 2 fully saturated rings. The van der Waals surface area contributed by atoms with E-state index in [2.05, 4.69) is 10.6 Å². The van der Waals surface area contributed by atoms with E-state index in [0.717, 1.165) is 19.4 Å². The molecule has 1 atom stereocenters. The molecule has 1 unspecified atom stereocenters. The van der Waals surface area contributed by atoms with Gasteiger partial charge < -0.3 is 20.3 Å². The van der Waals surface area contributed by atoms with E-state index in [1.165, 1.54) is 19.3 Å². The highest BCUT2D eigenvalue weighted by Crippen LogP contribution is 2.23. The summed E-state index contributed by atoms with van der Waals surface area (Å²) in [5.41, 5.74) is 1.33. The lowest BCUT2D eigenvalue weighted by Gasteiger charge is -2.31. The zero-order chi connectivity index (χ0) is 17.6. The first kappa shape index (κ1) is 17.9. The number of carbonyl (C=O) groups excluding carboxylic acids is 2. The molecule has 0 bridgehead atoms. The maximum Gasteiger partial charge on any atom is 0.254 e. The van der Waals surface area contributed by atoms with Crippen LogP contribution < -0.4 is 10.6 Å². The van der Waals surface area contributed by atoms with Gasteiger partial charge in [-0.05, 0) is 37.1 Å². The molecule has 2 N–H and O–H groups in total. The van der Waals surface area contributed by atoms with Gasteiger partial charge in [-0.15, -0.1) is 0 Å². The Bertz CT molecular complexity index is 590. The minimum absolute atomic E-state index is 0.0459. The third kappa shape index (κ3) is 4.58. The third-order valence-corrected chi connectivity index (χ3v) is 5.06. The predicted octanol–water partition coefficient (Wildman–Crippen LogP) is 2.02. The molecule has 1 aromatic rings. The van der Waals surface area contributed by atoms with Crippen LogP contribution in [0, 0.1) is 0 Å². The molecule has 0 spiro atoms. The smallest absolute Gasteiger partial charge is 0.254 e. The molecule has 1 aliphatic heterocycles. The number of anilines is 1. The van der Waals surface area contributed by atoms with Crippen LogP contribution >= 0.6 is 0 Å². The lowest BCUT2D eigenvalue weighted by molar-refractivity contribution is -0.128. The van der Waals surface area contributed by atoms with E-state index in [1.807, 2.05) is 11.9 Å². The lowest BCUT2D eigenvalue weighted by atomic mass is 9.94. The van der Waals surface area contributed by atoms with E-state index >= 15 is 0 Å². The molecule has 2 amide bonds. The van der Waals surface area contributed by atoms with Crippen LogP contribution in [-0.4, -0.2) is 55.6 Å². The summed E-state index contributed by atoms with van der Waals surface area (Å²) in [4.78, 5) is 26.7. The van der Waals surface area contributed by atoms with Gasteiger partial charge in [0.15, 0.2) is 0 Å². The van der Waals surface area contributed by atoms with E-state index in [0.29, 0.717) is 30.4 Å². The van der Waals surface area contributed by atoms with Crippen LogP contribution in [0.5, 0.6) is 0 Å². The monoisotopic (exact) mass is 345 g/mol. The number of carbonyl (C=O) groups is 2. The number of nitrogens with zero attached hydrogens (tertiary/aromatic N) is 1. The van der Waals surface area contributed by atoms with Crippen molar-refractivity contribution in [3.63, 3.8) is 0 Å². The molecule has 136 valence electrons. The fourth-order valence-corrected chi connectivity index (χ4v) is 3.49. The summed E-state index contributed by atoms with van der Waals surface area (Å²) >= 11 is 0. The van der Waals surface area contributed by atoms with Gasteiger partial charge >= 0.3 is 0 Å². The van der Waals surface area contributed by atoms with E-state index in [1.54, 1.807) is 24.3 Å². The van der Waals surface area contributed by atoms with Gasteiger partial charge in [0.05, 0.1) is 6.61 Å². The van der Waals surface area contributed by atoms with Crippen LogP contribution in [0.25, 0.3) is 0 Å². The van der Waals surface area contributed by atoms with Crippen molar-refractivity contribution in [3.8, 4) is 0 Å². The molecule has 1 saturated heterocycles. The summed E-state index contributed by atoms with van der Waals surface area (Å²) in [5, 5.41) is 5.97. The Hall–Kier alpha value is -1.92. The summed E-state index contributed by atoms with van der Waals surface area (Å²) in [6.07, 6.45) is 5.38. The second kappa shape index (κ2) is 8.45. The Kier molecular flexibility index (Phi) is 6.04. The topological polar surface area (TPSA) is 70.7 Å². The molecule has 6 nitrogen and oxygen atoms in total. The van der Waals surface area contributed by atoms with E-state index in [9.17, 15) is 9.59 Å². The first-order valence-corrected chi connectivity index (χ1v) is 9.15. The van der Waals surface area contributed by atoms with Gasteiger partial charge in [0.2, 0.25) is 0 Å². The van der Waals surface area contributed by atoms with Gasteiger partial charge in [-0.2, -0.15) is 0 Å². The SMILES string of the molecule is CN(C(=O)c1ccc(NC(=O)C2CNCCO2)cc1)C1CCCCC1. The minimum Gasteiger partial charge on any atom is -0.366 e. The quantitative estimate of drug-likeness (QED) is 0.876. The Morgan fingerprint density at radius 2 is 1.88 bits per heavy atom. The number of amides is 2. The van der Waals surface area contributed by atoms with Gasteiger partial charge in [0.1, 0.15) is 6.10 Å². The van der Waals surface area contributed by atoms with Crippen molar-refractivity contribution in [2.75, 3.05) is 32.1 Å². The normalized spacial score (nSPS) is 21.6. The molecular formula is C19H27N3O3. The van der Waals surface area contributed by atoms with Gasteiger partial charge in [-0.1, -0.05) is 19.3 Å². The molecule has 3 rings (SSSR count). The van der Waals surface area contributed by atoms with Gasteiger partial charge in [-0.3, -0.25) is 9.59 Å². The van der Waals surface area contributed by atoms with Crippen molar-refractivity contribution in [2.24, 2.45) is 0 Å². The third-order valence-electron chi connectivity index (χ3n) is 5.06. The zero-order valence-corrected chi connectivity index (χ0v) is 14.8. The number of nitrogens with one attached hydrogen (secondary N) is 2. The summed E-state index contributed by atoms with van der Waals surface area (Å²) in [6, 6.07) is 7.44. The Labute approximate surface area is 148 Å². The number of hydrogen-bond acceptors (Lipinski definition) is 4. The second-order valence-electron chi connectivity index (χ2n) is 6.84. The Morgan fingerprint density at radius 1 is 1.16 bits per heavy atom. The first-order valence-electron chi connectivity index (χ1n) is 9.15. The van der Waals surface area contributed by atoms with Crippen molar-refractivity contribution < 1.29 is 14.3 Å². The van der Waals surface area contributed by atoms with Gasteiger partial charge in [-0.25, -0.2) is 0 Å². The Morgan fingerprint density at radius 3 is 2.52 bits per heavy atom. The van der Waals surface area contributed by atoms with Crippen molar-refractivity contribution >= 4 is 17.5 Å². The maximum absolute atomic E-state index is 12.6. The van der Waals surface area contributed by atoms with Crippen LogP contribution in [0.2, 0.25) is 0 Å². The number of morpholine rings is 1. The van der Waals surface area contributed by atoms with E-state index in [-0.39, 0.29) is 11.8 Å². The van der Waals surface area contributed by atoms with E-state index < -0.39 is 6.10 Å². The highest BCUT2D eigenvalue weighted by molar-refractivity contribution is 5.97. The summed E-state index contributed by atoms with van der Waals surface area (Å²) in [6.45, 7) is 1.84. The Balaban J connectivity index is 1.57. The molecule has 2 aliphatic rings. The zero-order valence-electron chi connectivity index (χ0n) is 14.8. The standard InChI is InChI=1S/C19H27N3O3/c1-22(16-5-3-2-4-6-16)19(24)14-7-9-15(10-8-14)21-18(23)17-13-20-11-12-25-17/h7-10,16-17,20H,2-6,11-13H2,1H3,(H,21,23). The summed E-state index contributed by atoms with van der Waals surface area (Å²) in [5.74, 6) is -0.116. The fourth-order valence-electron chi connectivity index (χ4n) is 3.49. The van der Waals surface area contributed by atoms with Crippen molar-refractivity contribution in [3.05, 3.63) is 29.8 Å². The fraction of sp³-hybridized carbons (Fsp3) is 0.579. The lowest BCUT2D eigenvalue weighted by Crippen LogP contribution is -2.45. The molecule has 0 aromatic heterocycles. The van der Waals surface area contributed by atoms with Gasteiger partial charge in [0, 0.05) is 37.4 Å². The van der Waals surface area contributed by atoms with Crippen molar-refractivity contribution in [1.82, 2.24) is 10.2 Å². The van der Waals surface area contributed by atoms with Crippen molar-refractivity contribution in [2.45, 2.75) is 44.2 Å². The molecule has 0 radical (unpaired) electrons. The number of ether oxygens (including phenoxy) is 1. The average Bonchev–Trinajstić information content (AvgIpc) is 2.69. The van der Waals surface area contributed by atoms with E-state index in [4.69, 9.17) is 4.74 Å². The van der Waals surface area contributed by atoms with Crippen LogP contribution in [0.4, 0.5) is 5.69 Å². The highest BCUT2D eigenvalue weighted by atomic mass is 16.5. The number of hydrogen-bond donors (Lipinski definition) is 2. The highest BCUT2D eigenvalue weighted by Gasteiger charge is 2.24. The van der Waals surface area contributed by atoms with Crippen LogP contribution in [-0.2, 0) is 9.53 Å². The number of benzene rings is 1. The van der Waals surface area contributed by atoms with Gasteiger partial charge in [0.25, 0.3) is 11.8 Å². The molecular weight excluding hydrogens is 318 g/mol. The molecule has 25 heavy (non-hydrogen) atoms.